The van der Waals surface area contributed by atoms with Crippen molar-refractivity contribution in [2.24, 2.45) is 5.92 Å². The fraction of sp³-hybridized carbons (Fsp3) is 0.231. The molecular weight excluding hydrogens is 234 g/mol. The summed E-state index contributed by atoms with van der Waals surface area (Å²) in [6.45, 7) is 0. The highest BCUT2D eigenvalue weighted by molar-refractivity contribution is 7.07. The Bertz CT molecular complexity index is 538. The molecule has 0 spiro atoms. The lowest BCUT2D eigenvalue weighted by Gasteiger charge is -2.14. The molecule has 2 atom stereocenters. The second-order valence-electron chi connectivity index (χ2n) is 4.31. The van der Waals surface area contributed by atoms with Crippen LogP contribution in [0.15, 0.2) is 41.2 Å². The van der Waals surface area contributed by atoms with Gasteiger partial charge in [0.15, 0.2) is 0 Å². The Morgan fingerprint density at radius 3 is 2.71 bits per heavy atom. The number of rotatable bonds is 3. The van der Waals surface area contributed by atoms with Crippen molar-refractivity contribution in [1.29, 1.82) is 0 Å². The van der Waals surface area contributed by atoms with Crippen LogP contribution in [0.1, 0.15) is 17.7 Å². The number of carbonyl (C=O) groups is 1. The van der Waals surface area contributed by atoms with Gasteiger partial charge in [0.1, 0.15) is 0 Å². The molecule has 2 unspecified atom stereocenters. The standard InChI is InChI=1S/C13H11NO2S/c15-12(16)10-6-13(10,11-7-17-8-14-11)9-4-2-1-3-5-9/h1-5,7-8,10H,6H2,(H,15,16). The second kappa shape index (κ2) is 3.67. The smallest absolute Gasteiger partial charge is 0.307 e. The van der Waals surface area contributed by atoms with Gasteiger partial charge in [-0.2, -0.15) is 0 Å². The summed E-state index contributed by atoms with van der Waals surface area (Å²) in [6.07, 6.45) is 0.649. The Labute approximate surface area is 103 Å². The van der Waals surface area contributed by atoms with Crippen molar-refractivity contribution in [1.82, 2.24) is 4.98 Å². The number of carboxylic acids is 1. The SMILES string of the molecule is O=C(O)C1CC1(c1ccccc1)c1cscn1. The molecule has 0 bridgehead atoms. The minimum atomic E-state index is -0.734. The predicted molar refractivity (Wildman–Crippen MR) is 65.1 cm³/mol. The van der Waals surface area contributed by atoms with Crippen molar-refractivity contribution >= 4 is 17.3 Å². The first-order chi connectivity index (χ1) is 8.25. The Morgan fingerprint density at radius 1 is 1.41 bits per heavy atom. The van der Waals surface area contributed by atoms with Gasteiger partial charge in [0.25, 0.3) is 0 Å². The Hall–Kier alpha value is -1.68. The summed E-state index contributed by atoms with van der Waals surface area (Å²) >= 11 is 1.51. The average molecular weight is 245 g/mol. The van der Waals surface area contributed by atoms with E-state index < -0.39 is 11.4 Å². The Morgan fingerprint density at radius 2 is 2.18 bits per heavy atom. The molecule has 0 aliphatic heterocycles. The molecule has 1 heterocycles. The normalized spacial score (nSPS) is 26.7. The van der Waals surface area contributed by atoms with Crippen molar-refractivity contribution in [3.8, 4) is 0 Å². The quantitative estimate of drug-likeness (QED) is 0.904. The number of benzene rings is 1. The van der Waals surface area contributed by atoms with Crippen LogP contribution in [0.25, 0.3) is 0 Å². The van der Waals surface area contributed by atoms with E-state index in [0.29, 0.717) is 6.42 Å². The van der Waals surface area contributed by atoms with Gasteiger partial charge in [-0.1, -0.05) is 30.3 Å². The van der Waals surface area contributed by atoms with E-state index in [1.54, 1.807) is 5.51 Å². The molecular formula is C13H11NO2S. The first-order valence-electron chi connectivity index (χ1n) is 5.42. The lowest BCUT2D eigenvalue weighted by atomic mass is 9.90. The van der Waals surface area contributed by atoms with E-state index in [2.05, 4.69) is 4.98 Å². The molecule has 4 heteroatoms. The maximum absolute atomic E-state index is 11.2. The van der Waals surface area contributed by atoms with Gasteiger partial charge >= 0.3 is 5.97 Å². The van der Waals surface area contributed by atoms with Crippen molar-refractivity contribution in [2.75, 3.05) is 0 Å². The van der Waals surface area contributed by atoms with Gasteiger partial charge in [0, 0.05) is 5.38 Å². The molecule has 0 amide bonds. The first kappa shape index (κ1) is 10.5. The van der Waals surface area contributed by atoms with Gasteiger partial charge in [-0.15, -0.1) is 11.3 Å². The van der Waals surface area contributed by atoms with E-state index in [1.807, 2.05) is 35.7 Å². The Kier molecular flexibility index (Phi) is 2.26. The molecule has 17 heavy (non-hydrogen) atoms. The number of aromatic nitrogens is 1. The maximum Gasteiger partial charge on any atom is 0.307 e. The van der Waals surface area contributed by atoms with E-state index in [9.17, 15) is 9.90 Å². The van der Waals surface area contributed by atoms with Crippen LogP contribution in [-0.2, 0) is 10.2 Å². The molecule has 3 rings (SSSR count). The van der Waals surface area contributed by atoms with E-state index in [4.69, 9.17) is 0 Å². The molecule has 1 aromatic heterocycles. The highest BCUT2D eigenvalue weighted by Gasteiger charge is 2.61. The van der Waals surface area contributed by atoms with Gasteiger partial charge in [0.05, 0.1) is 22.5 Å². The number of carboxylic acid groups (broad SMARTS) is 1. The van der Waals surface area contributed by atoms with Crippen molar-refractivity contribution in [2.45, 2.75) is 11.8 Å². The minimum absolute atomic E-state index is 0.341. The summed E-state index contributed by atoms with van der Waals surface area (Å²) in [7, 11) is 0. The highest BCUT2D eigenvalue weighted by atomic mass is 32.1. The first-order valence-corrected chi connectivity index (χ1v) is 6.36. The van der Waals surface area contributed by atoms with Gasteiger partial charge in [-0.3, -0.25) is 4.79 Å². The van der Waals surface area contributed by atoms with Crippen molar-refractivity contribution < 1.29 is 9.90 Å². The third-order valence-corrected chi connectivity index (χ3v) is 4.02. The van der Waals surface area contributed by atoms with Crippen LogP contribution in [0.5, 0.6) is 0 Å². The molecule has 1 aliphatic carbocycles. The molecule has 86 valence electrons. The number of aliphatic carboxylic acids is 1. The molecule has 0 saturated heterocycles. The zero-order chi connectivity index (χ0) is 11.9. The summed E-state index contributed by atoms with van der Waals surface area (Å²) < 4.78 is 0. The van der Waals surface area contributed by atoms with Crippen LogP contribution in [0.2, 0.25) is 0 Å². The summed E-state index contributed by atoms with van der Waals surface area (Å²) in [5.41, 5.74) is 3.31. The molecule has 0 radical (unpaired) electrons. The summed E-state index contributed by atoms with van der Waals surface area (Å²) in [4.78, 5) is 15.5. The third-order valence-electron chi connectivity index (χ3n) is 3.44. The Balaban J connectivity index is 2.09. The lowest BCUT2D eigenvalue weighted by molar-refractivity contribution is -0.138. The number of hydrogen-bond acceptors (Lipinski definition) is 3. The molecule has 2 aromatic rings. The van der Waals surface area contributed by atoms with E-state index in [1.165, 1.54) is 11.3 Å². The number of nitrogens with zero attached hydrogens (tertiary/aromatic N) is 1. The zero-order valence-corrected chi connectivity index (χ0v) is 9.85. The molecule has 1 aliphatic rings. The number of thiazole rings is 1. The van der Waals surface area contributed by atoms with Crippen LogP contribution >= 0.6 is 11.3 Å². The zero-order valence-electron chi connectivity index (χ0n) is 9.04. The largest absolute Gasteiger partial charge is 0.481 e. The summed E-state index contributed by atoms with van der Waals surface area (Å²) in [5, 5.41) is 11.2. The third kappa shape index (κ3) is 1.48. The molecule has 1 fully saturated rings. The second-order valence-corrected chi connectivity index (χ2v) is 5.02. The average Bonchev–Trinajstić information content (AvgIpc) is 2.89. The summed E-state index contributed by atoms with van der Waals surface area (Å²) in [6, 6.07) is 9.81. The topological polar surface area (TPSA) is 50.2 Å². The summed E-state index contributed by atoms with van der Waals surface area (Å²) in [5.74, 6) is -1.08. The predicted octanol–water partition coefficient (Wildman–Crippen LogP) is 2.53. The monoisotopic (exact) mass is 245 g/mol. The van der Waals surface area contributed by atoms with E-state index in [-0.39, 0.29) is 5.92 Å². The maximum atomic E-state index is 11.2. The van der Waals surface area contributed by atoms with Crippen molar-refractivity contribution in [3.63, 3.8) is 0 Å². The fourth-order valence-corrected chi connectivity index (χ4v) is 3.11. The van der Waals surface area contributed by atoms with Crippen LogP contribution < -0.4 is 0 Å². The van der Waals surface area contributed by atoms with Gasteiger partial charge in [-0.25, -0.2) is 4.98 Å². The number of hydrogen-bond donors (Lipinski definition) is 1. The van der Waals surface area contributed by atoms with Crippen LogP contribution in [0.4, 0.5) is 0 Å². The minimum Gasteiger partial charge on any atom is -0.481 e. The molecule has 3 nitrogen and oxygen atoms in total. The molecule has 1 N–H and O–H groups in total. The lowest BCUT2D eigenvalue weighted by Crippen LogP contribution is -2.17. The van der Waals surface area contributed by atoms with Crippen LogP contribution in [0, 0.1) is 5.92 Å². The van der Waals surface area contributed by atoms with E-state index >= 15 is 0 Å². The van der Waals surface area contributed by atoms with Crippen LogP contribution in [0.3, 0.4) is 0 Å². The fourth-order valence-electron chi connectivity index (χ4n) is 2.48. The molecule has 1 aromatic carbocycles. The van der Waals surface area contributed by atoms with Gasteiger partial charge in [0.2, 0.25) is 0 Å². The highest BCUT2D eigenvalue weighted by Crippen LogP contribution is 2.58. The van der Waals surface area contributed by atoms with Crippen molar-refractivity contribution in [3.05, 3.63) is 52.5 Å². The van der Waals surface area contributed by atoms with Gasteiger partial charge < -0.3 is 5.11 Å². The van der Waals surface area contributed by atoms with E-state index in [0.717, 1.165) is 11.3 Å². The molecule has 1 saturated carbocycles. The van der Waals surface area contributed by atoms with Gasteiger partial charge in [-0.05, 0) is 12.0 Å². The van der Waals surface area contributed by atoms with Crippen LogP contribution in [-0.4, -0.2) is 16.1 Å².